The van der Waals surface area contributed by atoms with Crippen molar-refractivity contribution in [2.24, 2.45) is 5.92 Å². The van der Waals surface area contributed by atoms with Gasteiger partial charge in [0.25, 0.3) is 0 Å². The first-order valence-electron chi connectivity index (χ1n) is 6.33. The summed E-state index contributed by atoms with van der Waals surface area (Å²) in [5.74, 6) is -0.487. The van der Waals surface area contributed by atoms with Gasteiger partial charge in [0, 0.05) is 5.69 Å². The lowest BCUT2D eigenvalue weighted by molar-refractivity contribution is -0.142. The number of anilines is 1. The lowest BCUT2D eigenvalue weighted by Crippen LogP contribution is -2.44. The predicted octanol–water partition coefficient (Wildman–Crippen LogP) is 3.60. The fourth-order valence-electron chi connectivity index (χ4n) is 2.15. The van der Waals surface area contributed by atoms with Crippen LogP contribution in [0.1, 0.15) is 38.3 Å². The summed E-state index contributed by atoms with van der Waals surface area (Å²) < 4.78 is 0. The Balaban J connectivity index is 2.96. The fourth-order valence-corrected chi connectivity index (χ4v) is 2.15. The Morgan fingerprint density at radius 1 is 1.33 bits per heavy atom. The van der Waals surface area contributed by atoms with Gasteiger partial charge < -0.3 is 10.4 Å². The maximum Gasteiger partial charge on any atom is 0.329 e. The number of carbonyl (C=O) groups is 1. The number of hydrogen-bond acceptors (Lipinski definition) is 2. The van der Waals surface area contributed by atoms with E-state index in [0.29, 0.717) is 12.3 Å². The van der Waals surface area contributed by atoms with Crippen LogP contribution < -0.4 is 5.32 Å². The van der Waals surface area contributed by atoms with Gasteiger partial charge in [-0.1, -0.05) is 19.9 Å². The summed E-state index contributed by atoms with van der Waals surface area (Å²) >= 11 is 0. The molecule has 0 radical (unpaired) electrons. The van der Waals surface area contributed by atoms with Crippen LogP contribution in [0.4, 0.5) is 5.69 Å². The molecule has 0 aliphatic heterocycles. The number of rotatable bonds is 5. The highest BCUT2D eigenvalue weighted by Gasteiger charge is 2.33. The molecule has 3 nitrogen and oxygen atoms in total. The van der Waals surface area contributed by atoms with Crippen molar-refractivity contribution >= 4 is 11.7 Å². The average molecular weight is 249 g/mol. The Morgan fingerprint density at radius 2 is 1.94 bits per heavy atom. The zero-order valence-corrected chi connectivity index (χ0v) is 11.9. The van der Waals surface area contributed by atoms with Gasteiger partial charge in [0.05, 0.1) is 0 Å². The average Bonchev–Trinajstić information content (AvgIpc) is 2.22. The van der Waals surface area contributed by atoms with Gasteiger partial charge in [-0.05, 0) is 56.4 Å². The summed E-state index contributed by atoms with van der Waals surface area (Å²) in [6, 6.07) is 5.94. The van der Waals surface area contributed by atoms with Crippen molar-refractivity contribution in [3.63, 3.8) is 0 Å². The fraction of sp³-hybridized carbons (Fsp3) is 0.533. The third kappa shape index (κ3) is 3.49. The topological polar surface area (TPSA) is 49.3 Å². The number of benzene rings is 1. The van der Waals surface area contributed by atoms with E-state index in [0.717, 1.165) is 11.3 Å². The Hall–Kier alpha value is -1.51. The largest absolute Gasteiger partial charge is 0.480 e. The minimum absolute atomic E-state index is 0.324. The van der Waals surface area contributed by atoms with Gasteiger partial charge in [-0.15, -0.1) is 0 Å². The van der Waals surface area contributed by atoms with Crippen LogP contribution >= 0.6 is 0 Å². The van der Waals surface area contributed by atoms with Gasteiger partial charge in [0.1, 0.15) is 5.54 Å². The van der Waals surface area contributed by atoms with Crippen LogP contribution in [-0.2, 0) is 4.79 Å². The molecule has 1 aromatic rings. The molecule has 0 heterocycles. The molecule has 1 unspecified atom stereocenters. The highest BCUT2D eigenvalue weighted by molar-refractivity contribution is 5.82. The van der Waals surface area contributed by atoms with E-state index in [1.165, 1.54) is 5.56 Å². The van der Waals surface area contributed by atoms with Crippen molar-refractivity contribution < 1.29 is 9.90 Å². The van der Waals surface area contributed by atoms with Crippen LogP contribution in [0.25, 0.3) is 0 Å². The van der Waals surface area contributed by atoms with E-state index in [1.54, 1.807) is 6.92 Å². The van der Waals surface area contributed by atoms with Gasteiger partial charge in [0.15, 0.2) is 0 Å². The van der Waals surface area contributed by atoms with Crippen molar-refractivity contribution in [1.82, 2.24) is 0 Å². The Labute approximate surface area is 109 Å². The van der Waals surface area contributed by atoms with Crippen molar-refractivity contribution in [2.45, 2.75) is 46.6 Å². The van der Waals surface area contributed by atoms with Crippen LogP contribution in [0.2, 0.25) is 0 Å². The van der Waals surface area contributed by atoms with Gasteiger partial charge in [-0.3, -0.25) is 0 Å². The van der Waals surface area contributed by atoms with E-state index < -0.39 is 11.5 Å². The third-order valence-corrected chi connectivity index (χ3v) is 3.22. The zero-order chi connectivity index (χ0) is 13.9. The minimum atomic E-state index is -0.921. The molecule has 100 valence electrons. The van der Waals surface area contributed by atoms with E-state index in [9.17, 15) is 9.90 Å². The molecule has 1 aromatic carbocycles. The smallest absolute Gasteiger partial charge is 0.329 e. The maximum absolute atomic E-state index is 11.5. The summed E-state index contributed by atoms with van der Waals surface area (Å²) in [4.78, 5) is 11.5. The molecule has 0 aromatic heterocycles. The van der Waals surface area contributed by atoms with E-state index in [2.05, 4.69) is 5.32 Å². The summed E-state index contributed by atoms with van der Waals surface area (Å²) in [5.41, 5.74) is 2.32. The van der Waals surface area contributed by atoms with Gasteiger partial charge in [-0.25, -0.2) is 4.79 Å². The Morgan fingerprint density at radius 3 is 2.39 bits per heavy atom. The number of hydrogen-bond donors (Lipinski definition) is 2. The molecule has 3 heteroatoms. The molecule has 18 heavy (non-hydrogen) atoms. The van der Waals surface area contributed by atoms with Gasteiger partial charge in [-0.2, -0.15) is 0 Å². The van der Waals surface area contributed by atoms with Crippen molar-refractivity contribution in [3.8, 4) is 0 Å². The first-order valence-corrected chi connectivity index (χ1v) is 6.33. The van der Waals surface area contributed by atoms with Crippen molar-refractivity contribution in [2.75, 3.05) is 5.32 Å². The molecule has 1 rings (SSSR count). The van der Waals surface area contributed by atoms with Crippen LogP contribution in [0.3, 0.4) is 0 Å². The van der Waals surface area contributed by atoms with Gasteiger partial charge in [0.2, 0.25) is 0 Å². The SMILES string of the molecule is Cc1ccc(NC(C)(CC(C)C)C(=O)O)cc1C. The number of nitrogens with one attached hydrogen (secondary N) is 1. The number of aliphatic carboxylic acids is 1. The second-order valence-corrected chi connectivity index (χ2v) is 5.66. The van der Waals surface area contributed by atoms with Crippen LogP contribution in [0.15, 0.2) is 18.2 Å². The predicted molar refractivity (Wildman–Crippen MR) is 75.0 cm³/mol. The minimum Gasteiger partial charge on any atom is -0.480 e. The summed E-state index contributed by atoms with van der Waals surface area (Å²) in [6.07, 6.45) is 0.593. The molecule has 0 fully saturated rings. The molecule has 2 N–H and O–H groups in total. The molecule has 0 spiro atoms. The van der Waals surface area contributed by atoms with Crippen LogP contribution in [-0.4, -0.2) is 16.6 Å². The molecule has 0 aliphatic rings. The standard InChI is InChI=1S/C15H23NO2/c1-10(2)9-15(5,14(17)18)16-13-7-6-11(3)12(4)8-13/h6-8,10,16H,9H2,1-5H3,(H,17,18). The van der Waals surface area contributed by atoms with Crippen molar-refractivity contribution in [1.29, 1.82) is 0 Å². The van der Waals surface area contributed by atoms with E-state index in [-0.39, 0.29) is 0 Å². The maximum atomic E-state index is 11.5. The first kappa shape index (κ1) is 14.6. The quantitative estimate of drug-likeness (QED) is 0.838. The summed E-state index contributed by atoms with van der Waals surface area (Å²) in [6.45, 7) is 9.88. The highest BCUT2D eigenvalue weighted by Crippen LogP contribution is 2.24. The van der Waals surface area contributed by atoms with E-state index >= 15 is 0 Å². The molecule has 1 atom stereocenters. The van der Waals surface area contributed by atoms with Crippen molar-refractivity contribution in [3.05, 3.63) is 29.3 Å². The number of carboxylic acid groups (broad SMARTS) is 1. The molecule has 0 aliphatic carbocycles. The lowest BCUT2D eigenvalue weighted by atomic mass is 9.90. The van der Waals surface area contributed by atoms with E-state index in [1.807, 2.05) is 45.9 Å². The molecule has 0 saturated heterocycles. The third-order valence-electron chi connectivity index (χ3n) is 3.22. The molecular weight excluding hydrogens is 226 g/mol. The molecule has 0 saturated carbocycles. The number of carboxylic acids is 1. The molecule has 0 amide bonds. The Bertz CT molecular complexity index is 440. The van der Waals surface area contributed by atoms with E-state index in [4.69, 9.17) is 0 Å². The van der Waals surface area contributed by atoms with Gasteiger partial charge >= 0.3 is 5.97 Å². The second-order valence-electron chi connectivity index (χ2n) is 5.66. The lowest BCUT2D eigenvalue weighted by Gasteiger charge is -2.29. The monoisotopic (exact) mass is 249 g/mol. The first-order chi connectivity index (χ1) is 8.24. The normalized spacial score (nSPS) is 14.3. The van der Waals surface area contributed by atoms with Crippen LogP contribution in [0, 0.1) is 19.8 Å². The summed E-state index contributed by atoms with van der Waals surface area (Å²) in [5, 5.41) is 12.6. The second kappa shape index (κ2) is 5.42. The summed E-state index contributed by atoms with van der Waals surface area (Å²) in [7, 11) is 0. The Kier molecular flexibility index (Phi) is 4.38. The molecular formula is C15H23NO2. The van der Waals surface area contributed by atoms with Crippen LogP contribution in [0.5, 0.6) is 0 Å². The zero-order valence-electron chi connectivity index (χ0n) is 11.9. The highest BCUT2D eigenvalue weighted by atomic mass is 16.4. The number of aryl methyl sites for hydroxylation is 2. The molecule has 0 bridgehead atoms.